The number of unbranched alkanes of at least 4 members (excludes halogenated alkanes) is 48. The molecule has 582 valence electrons. The third-order valence-electron chi connectivity index (χ3n) is 18.5. The average molecular weight is 1440 g/mol. The van der Waals surface area contributed by atoms with Crippen LogP contribution >= 0.6 is 15.6 Å². The van der Waals surface area contributed by atoms with Gasteiger partial charge >= 0.3 is 39.5 Å². The second-order valence-electron chi connectivity index (χ2n) is 29.4. The lowest BCUT2D eigenvalue weighted by molar-refractivity contribution is -0.161. The van der Waals surface area contributed by atoms with Crippen LogP contribution in [0, 0.1) is 11.8 Å². The van der Waals surface area contributed by atoms with E-state index in [1.54, 1.807) is 0 Å². The highest BCUT2D eigenvalue weighted by atomic mass is 31.2. The van der Waals surface area contributed by atoms with Crippen molar-refractivity contribution in [2.45, 2.75) is 432 Å². The molecule has 0 aromatic carbocycles. The maximum absolute atomic E-state index is 13.1. The van der Waals surface area contributed by atoms with E-state index < -0.39 is 97.5 Å². The third kappa shape index (κ3) is 72.4. The molecule has 0 aliphatic rings. The second kappa shape index (κ2) is 70.7. The zero-order valence-corrected chi connectivity index (χ0v) is 65.9. The number of aliphatic hydroxyl groups excluding tert-OH is 1. The first-order valence-corrected chi connectivity index (χ1v) is 44.0. The first-order chi connectivity index (χ1) is 47.4. The number of aliphatic hydroxyl groups is 1. The minimum atomic E-state index is -4.96. The predicted octanol–water partition coefficient (Wildman–Crippen LogP) is 23.5. The Morgan fingerprint density at radius 3 is 0.694 bits per heavy atom. The Bertz CT molecular complexity index is 1890. The van der Waals surface area contributed by atoms with Crippen molar-refractivity contribution in [3.63, 3.8) is 0 Å². The molecule has 0 saturated carbocycles. The van der Waals surface area contributed by atoms with Crippen LogP contribution in [0.3, 0.4) is 0 Å². The Hall–Kier alpha value is -1.94. The summed E-state index contributed by atoms with van der Waals surface area (Å²) in [6, 6.07) is 0. The van der Waals surface area contributed by atoms with Gasteiger partial charge in [0, 0.05) is 25.7 Å². The summed E-state index contributed by atoms with van der Waals surface area (Å²) in [6.45, 7) is 9.59. The molecular weight excluding hydrogens is 1280 g/mol. The molecule has 3 N–H and O–H groups in total. The van der Waals surface area contributed by atoms with E-state index in [0.717, 1.165) is 108 Å². The Morgan fingerprint density at radius 2 is 0.469 bits per heavy atom. The molecule has 0 amide bonds. The molecular formula is C79H154O17P2. The maximum Gasteiger partial charge on any atom is 0.472 e. The van der Waals surface area contributed by atoms with E-state index in [2.05, 4.69) is 41.5 Å². The lowest BCUT2D eigenvalue weighted by atomic mass is 10.0. The fourth-order valence-corrected chi connectivity index (χ4v) is 13.8. The molecule has 17 nitrogen and oxygen atoms in total. The van der Waals surface area contributed by atoms with Crippen molar-refractivity contribution in [1.82, 2.24) is 0 Å². The SMILES string of the molecule is CCCCCCCCCCCCCCCCCCCCCCCCC(=O)O[C@H](COC(=O)CCCCCCCCCCCCCC(C)C)COP(=O)(O)OC[C@@H](O)COP(=O)(O)OC[C@@H](COC(=O)CCCCCCCCCC)OC(=O)CCCCCCCCCCCCCC(C)C. The van der Waals surface area contributed by atoms with Crippen LogP contribution in [0.1, 0.15) is 414 Å². The zero-order valence-electron chi connectivity index (χ0n) is 64.1. The number of carbonyl (C=O) groups is 4. The van der Waals surface area contributed by atoms with Gasteiger partial charge in [-0.2, -0.15) is 0 Å². The van der Waals surface area contributed by atoms with Gasteiger partial charge in [0.05, 0.1) is 26.4 Å². The quantitative estimate of drug-likeness (QED) is 0.0222. The van der Waals surface area contributed by atoms with Crippen LogP contribution < -0.4 is 0 Å². The van der Waals surface area contributed by atoms with Gasteiger partial charge in [0.25, 0.3) is 0 Å². The lowest BCUT2D eigenvalue weighted by Crippen LogP contribution is -2.30. The number of ether oxygens (including phenoxy) is 4. The van der Waals surface area contributed by atoms with Crippen LogP contribution in [-0.2, 0) is 65.4 Å². The molecule has 0 aliphatic carbocycles. The van der Waals surface area contributed by atoms with E-state index in [9.17, 15) is 43.2 Å². The van der Waals surface area contributed by atoms with E-state index >= 15 is 0 Å². The molecule has 5 atom stereocenters. The Kier molecular flexibility index (Phi) is 69.3. The minimum Gasteiger partial charge on any atom is -0.462 e. The summed E-state index contributed by atoms with van der Waals surface area (Å²) in [4.78, 5) is 72.8. The van der Waals surface area contributed by atoms with Crippen molar-refractivity contribution >= 4 is 39.5 Å². The molecule has 0 spiro atoms. The molecule has 0 aromatic rings. The van der Waals surface area contributed by atoms with Crippen molar-refractivity contribution < 1.29 is 80.2 Å². The molecule has 0 saturated heterocycles. The fraction of sp³-hybridized carbons (Fsp3) is 0.949. The average Bonchev–Trinajstić information content (AvgIpc) is 1.03. The summed E-state index contributed by atoms with van der Waals surface area (Å²) in [6.07, 6.45) is 59.9. The highest BCUT2D eigenvalue weighted by molar-refractivity contribution is 7.47. The van der Waals surface area contributed by atoms with E-state index in [4.69, 9.17) is 37.0 Å². The molecule has 0 rings (SSSR count). The number of hydrogen-bond acceptors (Lipinski definition) is 15. The molecule has 0 aromatic heterocycles. The normalized spacial score (nSPS) is 13.9. The Labute approximate surface area is 600 Å². The highest BCUT2D eigenvalue weighted by Gasteiger charge is 2.30. The zero-order chi connectivity index (χ0) is 72.1. The molecule has 0 heterocycles. The minimum absolute atomic E-state index is 0.106. The van der Waals surface area contributed by atoms with Gasteiger partial charge < -0.3 is 33.8 Å². The topological polar surface area (TPSA) is 237 Å². The van der Waals surface area contributed by atoms with Crippen molar-refractivity contribution in [2.24, 2.45) is 11.8 Å². The number of carbonyl (C=O) groups excluding carboxylic acids is 4. The molecule has 0 bridgehead atoms. The Balaban J connectivity index is 5.17. The van der Waals surface area contributed by atoms with Gasteiger partial charge in [0.15, 0.2) is 12.2 Å². The lowest BCUT2D eigenvalue weighted by Gasteiger charge is -2.21. The van der Waals surface area contributed by atoms with Crippen molar-refractivity contribution in [1.29, 1.82) is 0 Å². The number of rotatable bonds is 78. The van der Waals surface area contributed by atoms with Gasteiger partial charge in [0.2, 0.25) is 0 Å². The summed E-state index contributed by atoms with van der Waals surface area (Å²) in [5, 5.41) is 10.6. The largest absolute Gasteiger partial charge is 0.472 e. The van der Waals surface area contributed by atoms with Gasteiger partial charge in [-0.25, -0.2) is 9.13 Å². The number of phosphoric acid groups is 2. The molecule has 0 radical (unpaired) electrons. The summed E-state index contributed by atoms with van der Waals surface area (Å²) in [5.74, 6) is -0.579. The van der Waals surface area contributed by atoms with Gasteiger partial charge in [-0.1, -0.05) is 363 Å². The fourth-order valence-electron chi connectivity index (χ4n) is 12.2. The first kappa shape index (κ1) is 96.1. The molecule has 98 heavy (non-hydrogen) atoms. The van der Waals surface area contributed by atoms with E-state index in [1.165, 1.54) is 225 Å². The van der Waals surface area contributed by atoms with Crippen LogP contribution in [0.5, 0.6) is 0 Å². The number of phosphoric ester groups is 2. The Morgan fingerprint density at radius 1 is 0.276 bits per heavy atom. The van der Waals surface area contributed by atoms with E-state index in [1.807, 2.05) is 0 Å². The number of hydrogen-bond donors (Lipinski definition) is 3. The molecule has 0 fully saturated rings. The van der Waals surface area contributed by atoms with Crippen molar-refractivity contribution in [3.8, 4) is 0 Å². The van der Waals surface area contributed by atoms with Crippen molar-refractivity contribution in [2.75, 3.05) is 39.6 Å². The van der Waals surface area contributed by atoms with Crippen LogP contribution in [0.4, 0.5) is 0 Å². The van der Waals surface area contributed by atoms with E-state index in [0.29, 0.717) is 25.7 Å². The number of esters is 4. The van der Waals surface area contributed by atoms with Crippen LogP contribution in [0.25, 0.3) is 0 Å². The van der Waals surface area contributed by atoms with Gasteiger partial charge in [-0.3, -0.25) is 37.3 Å². The molecule has 0 aliphatic heterocycles. The van der Waals surface area contributed by atoms with Gasteiger partial charge in [0.1, 0.15) is 19.3 Å². The monoisotopic (exact) mass is 1440 g/mol. The third-order valence-corrected chi connectivity index (χ3v) is 20.4. The summed E-state index contributed by atoms with van der Waals surface area (Å²) in [7, 11) is -9.91. The van der Waals surface area contributed by atoms with Crippen LogP contribution in [-0.4, -0.2) is 96.7 Å². The van der Waals surface area contributed by atoms with Crippen LogP contribution in [0.15, 0.2) is 0 Å². The van der Waals surface area contributed by atoms with Crippen molar-refractivity contribution in [3.05, 3.63) is 0 Å². The standard InChI is InChI=1S/C79H154O17P2/c1-7-9-11-13-15-17-18-19-20-21-22-23-24-25-26-27-28-33-39-45-51-57-63-78(83)96-75(68-90-77(82)62-56-50-44-38-34-29-31-36-41-47-53-59-71(3)4)70-94-98(87,88)92-66-73(80)65-91-97(85,86)93-69-74(67-89-76(81)61-55-49-43-16-14-12-10-8-2)95-79(84)64-58-52-46-40-35-30-32-37-42-48-54-60-72(5)6/h71-75,80H,7-70H2,1-6H3,(H,85,86)(H,87,88)/t73-,74+,75+/m0/s1. The summed E-state index contributed by atoms with van der Waals surface area (Å²) >= 11 is 0. The predicted molar refractivity (Wildman–Crippen MR) is 400 cm³/mol. The summed E-state index contributed by atoms with van der Waals surface area (Å²) in [5.41, 5.74) is 0. The van der Waals surface area contributed by atoms with Crippen LogP contribution in [0.2, 0.25) is 0 Å². The van der Waals surface area contributed by atoms with Gasteiger partial charge in [-0.15, -0.1) is 0 Å². The highest BCUT2D eigenvalue weighted by Crippen LogP contribution is 2.45. The molecule has 2 unspecified atom stereocenters. The second-order valence-corrected chi connectivity index (χ2v) is 32.3. The smallest absolute Gasteiger partial charge is 0.462 e. The summed E-state index contributed by atoms with van der Waals surface area (Å²) < 4.78 is 68.6. The van der Waals surface area contributed by atoms with Gasteiger partial charge in [-0.05, 0) is 37.5 Å². The maximum atomic E-state index is 13.1. The molecule has 19 heteroatoms. The van der Waals surface area contributed by atoms with E-state index in [-0.39, 0.29) is 25.7 Å². The first-order valence-electron chi connectivity index (χ1n) is 41.0.